The summed E-state index contributed by atoms with van der Waals surface area (Å²) in [5.74, 6) is 7.41. The van der Waals surface area contributed by atoms with Crippen molar-refractivity contribution in [1.82, 2.24) is 0 Å². The summed E-state index contributed by atoms with van der Waals surface area (Å²) >= 11 is 1.70. The van der Waals surface area contributed by atoms with Crippen LogP contribution in [0.25, 0.3) is 11.1 Å². The number of benzene rings is 1. The van der Waals surface area contributed by atoms with Crippen LogP contribution in [0, 0.1) is 23.2 Å². The Morgan fingerprint density at radius 1 is 1.17 bits per heavy atom. The molecule has 2 rings (SSSR count). The molecule has 3 heteroatoms. The molecule has 2 unspecified atom stereocenters. The molecule has 2 atom stereocenters. The Morgan fingerprint density at radius 2 is 2.00 bits per heavy atom. The molecule has 29 heavy (non-hydrogen) atoms. The first kappa shape index (κ1) is 23.3. The molecule has 0 aliphatic carbocycles. The van der Waals surface area contributed by atoms with Crippen molar-refractivity contribution in [3.8, 4) is 28.7 Å². The van der Waals surface area contributed by atoms with Crippen molar-refractivity contribution in [3.63, 3.8) is 0 Å². The molecule has 1 heterocycles. The zero-order chi connectivity index (χ0) is 21.1. The highest BCUT2D eigenvalue weighted by Gasteiger charge is 2.12. The smallest absolute Gasteiger partial charge is 0.119 e. The predicted molar refractivity (Wildman–Crippen MR) is 125 cm³/mol. The number of thiophene rings is 1. The van der Waals surface area contributed by atoms with Crippen molar-refractivity contribution in [2.24, 2.45) is 11.3 Å². The van der Waals surface area contributed by atoms with Gasteiger partial charge in [-0.1, -0.05) is 37.0 Å². The average molecular weight is 411 g/mol. The van der Waals surface area contributed by atoms with Gasteiger partial charge >= 0.3 is 0 Å². The molecule has 2 aromatic rings. The summed E-state index contributed by atoms with van der Waals surface area (Å²) in [6.45, 7) is 9.08. The number of rotatable bonds is 10. The number of unbranched alkanes of at least 4 members (excludes halogenated alkanes) is 1. The standard InChI is InChI=1S/C26H34O2S/c1-21(11-6-5-8-16-26(2,3)4)25(27)14-7-9-17-28-24-13-10-12-22(19-24)23-15-18-29-20-23/h5-6,10,12-13,15,18-21,25,27H,7,9,11,14,17H2,1-4H3. The third kappa shape index (κ3) is 9.35. The van der Waals surface area contributed by atoms with Gasteiger partial charge < -0.3 is 9.84 Å². The van der Waals surface area contributed by atoms with Crippen LogP contribution in [0.1, 0.15) is 53.4 Å². The van der Waals surface area contributed by atoms with Crippen LogP contribution in [-0.2, 0) is 0 Å². The van der Waals surface area contributed by atoms with Gasteiger partial charge in [0.05, 0.1) is 12.7 Å². The van der Waals surface area contributed by atoms with Gasteiger partial charge in [-0.15, -0.1) is 0 Å². The molecule has 0 spiro atoms. The third-order valence-corrected chi connectivity index (χ3v) is 5.35. The van der Waals surface area contributed by atoms with Crippen molar-refractivity contribution >= 4 is 11.3 Å². The molecule has 2 nitrogen and oxygen atoms in total. The fourth-order valence-electron chi connectivity index (χ4n) is 2.88. The maximum absolute atomic E-state index is 10.4. The van der Waals surface area contributed by atoms with E-state index in [2.05, 4.69) is 74.6 Å². The van der Waals surface area contributed by atoms with Crippen LogP contribution in [0.3, 0.4) is 0 Å². The van der Waals surface area contributed by atoms with Crippen LogP contribution in [-0.4, -0.2) is 17.8 Å². The van der Waals surface area contributed by atoms with Crippen molar-refractivity contribution in [2.75, 3.05) is 6.61 Å². The zero-order valence-corrected chi connectivity index (χ0v) is 19.0. The van der Waals surface area contributed by atoms with Crippen molar-refractivity contribution in [3.05, 3.63) is 53.2 Å². The second-order valence-electron chi connectivity index (χ2n) is 8.59. The van der Waals surface area contributed by atoms with Crippen LogP contribution in [0.4, 0.5) is 0 Å². The van der Waals surface area contributed by atoms with Crippen LogP contribution < -0.4 is 4.74 Å². The SMILES string of the molecule is CC(CC=CC#CC(C)(C)C)C(O)CCCCOc1cccc(-c2ccsc2)c1. The number of hydrogen-bond donors (Lipinski definition) is 1. The van der Waals surface area contributed by atoms with Crippen LogP contribution >= 0.6 is 11.3 Å². The number of aliphatic hydroxyl groups excluding tert-OH is 1. The second-order valence-corrected chi connectivity index (χ2v) is 9.37. The largest absolute Gasteiger partial charge is 0.494 e. The lowest BCUT2D eigenvalue weighted by molar-refractivity contribution is 0.104. The fraction of sp³-hybridized carbons (Fsp3) is 0.462. The molecule has 0 amide bonds. The molecule has 0 saturated heterocycles. The number of allylic oxidation sites excluding steroid dienone is 2. The lowest BCUT2D eigenvalue weighted by Crippen LogP contribution is -2.17. The highest BCUT2D eigenvalue weighted by Crippen LogP contribution is 2.26. The Balaban J connectivity index is 1.64. The molecule has 1 N–H and O–H groups in total. The van der Waals surface area contributed by atoms with Gasteiger partial charge in [0.25, 0.3) is 0 Å². The summed E-state index contributed by atoms with van der Waals surface area (Å²) in [5, 5.41) is 14.6. The molecule has 0 radical (unpaired) electrons. The van der Waals surface area contributed by atoms with E-state index >= 15 is 0 Å². The molecule has 0 bridgehead atoms. The predicted octanol–water partition coefficient (Wildman–Crippen LogP) is 6.96. The van der Waals surface area contributed by atoms with E-state index in [1.807, 2.05) is 18.2 Å². The molecular weight excluding hydrogens is 376 g/mol. The highest BCUT2D eigenvalue weighted by atomic mass is 32.1. The Bertz CT molecular complexity index is 803. The topological polar surface area (TPSA) is 29.5 Å². The minimum absolute atomic E-state index is 0.0305. The Hall–Kier alpha value is -2.02. The zero-order valence-electron chi connectivity index (χ0n) is 18.2. The molecule has 0 fully saturated rings. The number of hydrogen-bond acceptors (Lipinski definition) is 3. The first-order valence-electron chi connectivity index (χ1n) is 10.5. The first-order valence-corrected chi connectivity index (χ1v) is 11.4. The van der Waals surface area contributed by atoms with Crippen LogP contribution in [0.2, 0.25) is 0 Å². The van der Waals surface area contributed by atoms with Crippen molar-refractivity contribution in [1.29, 1.82) is 0 Å². The molecular formula is C26H34O2S. The van der Waals surface area contributed by atoms with Gasteiger partial charge in [-0.3, -0.25) is 0 Å². The Labute approximate surface area is 180 Å². The van der Waals surface area contributed by atoms with Gasteiger partial charge in [-0.2, -0.15) is 11.3 Å². The summed E-state index contributed by atoms with van der Waals surface area (Å²) in [6.07, 6.45) is 7.26. The second kappa shape index (κ2) is 11.9. The van der Waals surface area contributed by atoms with E-state index in [1.54, 1.807) is 11.3 Å². The van der Waals surface area contributed by atoms with E-state index in [-0.39, 0.29) is 17.4 Å². The molecule has 1 aromatic carbocycles. The van der Waals surface area contributed by atoms with E-state index in [1.165, 1.54) is 11.1 Å². The highest BCUT2D eigenvalue weighted by molar-refractivity contribution is 7.08. The van der Waals surface area contributed by atoms with Crippen LogP contribution in [0.5, 0.6) is 5.75 Å². The number of ether oxygens (including phenoxy) is 1. The van der Waals surface area contributed by atoms with E-state index in [9.17, 15) is 5.11 Å². The quantitative estimate of drug-likeness (QED) is 0.339. The molecule has 1 aromatic heterocycles. The van der Waals surface area contributed by atoms with E-state index < -0.39 is 0 Å². The number of aliphatic hydroxyl groups is 1. The maximum Gasteiger partial charge on any atom is 0.119 e. The minimum Gasteiger partial charge on any atom is -0.494 e. The summed E-state index contributed by atoms with van der Waals surface area (Å²) in [6, 6.07) is 10.4. The summed E-state index contributed by atoms with van der Waals surface area (Å²) in [4.78, 5) is 0. The fourth-order valence-corrected chi connectivity index (χ4v) is 3.55. The average Bonchev–Trinajstić information content (AvgIpc) is 3.21. The summed E-state index contributed by atoms with van der Waals surface area (Å²) < 4.78 is 5.90. The van der Waals surface area contributed by atoms with Crippen LogP contribution in [0.15, 0.2) is 53.2 Å². The van der Waals surface area contributed by atoms with E-state index in [0.717, 1.165) is 31.4 Å². The first-order chi connectivity index (χ1) is 13.8. The van der Waals surface area contributed by atoms with E-state index in [4.69, 9.17) is 4.74 Å². The van der Waals surface area contributed by atoms with Gasteiger partial charge in [0.15, 0.2) is 0 Å². The maximum atomic E-state index is 10.4. The van der Waals surface area contributed by atoms with Gasteiger partial charge in [-0.05, 0) is 98.5 Å². The van der Waals surface area contributed by atoms with Gasteiger partial charge in [-0.25, -0.2) is 0 Å². The van der Waals surface area contributed by atoms with E-state index in [0.29, 0.717) is 6.61 Å². The molecule has 0 saturated carbocycles. The minimum atomic E-state index is -0.280. The van der Waals surface area contributed by atoms with Gasteiger partial charge in [0.2, 0.25) is 0 Å². The van der Waals surface area contributed by atoms with Crippen molar-refractivity contribution < 1.29 is 9.84 Å². The van der Waals surface area contributed by atoms with Crippen molar-refractivity contribution in [2.45, 2.75) is 59.5 Å². The molecule has 156 valence electrons. The monoisotopic (exact) mass is 410 g/mol. The van der Waals surface area contributed by atoms with Gasteiger partial charge in [0, 0.05) is 5.41 Å². The lowest BCUT2D eigenvalue weighted by atomic mass is 9.96. The lowest BCUT2D eigenvalue weighted by Gasteiger charge is -2.17. The Morgan fingerprint density at radius 3 is 2.72 bits per heavy atom. The normalized spacial score (nSPS) is 13.7. The van der Waals surface area contributed by atoms with Gasteiger partial charge in [0.1, 0.15) is 5.75 Å². The molecule has 0 aliphatic rings. The Kier molecular flexibility index (Phi) is 9.51. The summed E-state index contributed by atoms with van der Waals surface area (Å²) in [7, 11) is 0. The molecule has 0 aliphatic heterocycles. The summed E-state index contributed by atoms with van der Waals surface area (Å²) in [5.41, 5.74) is 2.45. The third-order valence-electron chi connectivity index (χ3n) is 4.66.